The molecule has 0 atom stereocenters. The number of carbonyl (C=O) groups is 2. The van der Waals surface area contributed by atoms with Gasteiger partial charge >= 0.3 is 5.97 Å². The lowest BCUT2D eigenvalue weighted by Crippen LogP contribution is -2.11. The van der Waals surface area contributed by atoms with Gasteiger partial charge in [0, 0.05) is 16.5 Å². The summed E-state index contributed by atoms with van der Waals surface area (Å²) in [6, 6.07) is 25.3. The third-order valence-electron chi connectivity index (χ3n) is 5.61. The van der Waals surface area contributed by atoms with Crippen molar-refractivity contribution in [2.75, 3.05) is 12.4 Å². The summed E-state index contributed by atoms with van der Waals surface area (Å²) < 4.78 is 10.9. The lowest BCUT2D eigenvalue weighted by molar-refractivity contribution is -0.111. The Kier molecular flexibility index (Phi) is 7.98. The Morgan fingerprint density at radius 2 is 1.61 bits per heavy atom. The fourth-order valence-electron chi connectivity index (χ4n) is 3.73. The molecule has 0 radical (unpaired) electrons. The number of rotatable bonds is 8. The van der Waals surface area contributed by atoms with Crippen LogP contribution in [0.3, 0.4) is 0 Å². The molecule has 0 bridgehead atoms. The summed E-state index contributed by atoms with van der Waals surface area (Å²) in [5.41, 5.74) is 5.20. The van der Waals surface area contributed by atoms with E-state index in [1.54, 1.807) is 6.08 Å². The smallest absolute Gasteiger partial charge is 0.341 e. The molecule has 0 aliphatic carbocycles. The van der Waals surface area contributed by atoms with Gasteiger partial charge in [-0.1, -0.05) is 72.3 Å². The van der Waals surface area contributed by atoms with Crippen LogP contribution in [0.1, 0.15) is 31.9 Å². The van der Waals surface area contributed by atoms with Gasteiger partial charge in [0.25, 0.3) is 0 Å². The first-order valence-corrected chi connectivity index (χ1v) is 12.3. The fourth-order valence-corrected chi connectivity index (χ4v) is 4.80. The zero-order valence-electron chi connectivity index (χ0n) is 20.4. The minimum atomic E-state index is -0.487. The third kappa shape index (κ3) is 6.09. The van der Waals surface area contributed by atoms with Gasteiger partial charge in [-0.05, 0) is 48.7 Å². The number of anilines is 1. The maximum Gasteiger partial charge on any atom is 0.341 e. The van der Waals surface area contributed by atoms with Crippen molar-refractivity contribution in [1.29, 1.82) is 0 Å². The van der Waals surface area contributed by atoms with E-state index in [0.29, 0.717) is 17.2 Å². The summed E-state index contributed by atoms with van der Waals surface area (Å²) in [6.45, 7) is 4.47. The van der Waals surface area contributed by atoms with Gasteiger partial charge in [-0.25, -0.2) is 4.79 Å². The maximum absolute atomic E-state index is 12.7. The number of benzene rings is 3. The van der Waals surface area contributed by atoms with E-state index < -0.39 is 5.97 Å². The van der Waals surface area contributed by atoms with E-state index >= 15 is 0 Å². The van der Waals surface area contributed by atoms with Crippen molar-refractivity contribution in [2.24, 2.45) is 0 Å². The van der Waals surface area contributed by atoms with E-state index in [2.05, 4.69) is 36.5 Å². The van der Waals surface area contributed by atoms with Crippen LogP contribution < -0.4 is 10.1 Å². The molecule has 1 N–H and O–H groups in total. The topological polar surface area (TPSA) is 64.6 Å². The Balaban J connectivity index is 1.43. The molecule has 0 unspecified atom stereocenters. The summed E-state index contributed by atoms with van der Waals surface area (Å²) in [7, 11) is 1.34. The average molecular weight is 498 g/mol. The number of aryl methyl sites for hydroxylation is 2. The van der Waals surface area contributed by atoms with E-state index in [0.717, 1.165) is 32.9 Å². The molecule has 0 saturated heterocycles. The lowest BCUT2D eigenvalue weighted by atomic mass is 10.0. The van der Waals surface area contributed by atoms with Crippen LogP contribution in [0, 0.1) is 13.8 Å². The molecule has 3 aromatic carbocycles. The average Bonchev–Trinajstić information content (AvgIpc) is 3.23. The molecule has 0 spiro atoms. The molecule has 36 heavy (non-hydrogen) atoms. The normalized spacial score (nSPS) is 10.9. The van der Waals surface area contributed by atoms with Crippen molar-refractivity contribution in [3.8, 4) is 16.9 Å². The van der Waals surface area contributed by atoms with Crippen molar-refractivity contribution in [1.82, 2.24) is 0 Å². The second-order valence-electron chi connectivity index (χ2n) is 8.26. The molecule has 4 rings (SSSR count). The van der Waals surface area contributed by atoms with Gasteiger partial charge in [-0.15, -0.1) is 11.3 Å². The van der Waals surface area contributed by atoms with Crippen LogP contribution in [0.25, 0.3) is 17.2 Å². The van der Waals surface area contributed by atoms with Crippen LogP contribution in [0.15, 0.2) is 84.9 Å². The number of esters is 1. The number of ether oxygens (including phenoxy) is 2. The molecule has 0 fully saturated rings. The summed E-state index contributed by atoms with van der Waals surface area (Å²) in [6.07, 6.45) is 3.16. The van der Waals surface area contributed by atoms with Gasteiger partial charge in [-0.2, -0.15) is 0 Å². The Hall–Kier alpha value is -4.16. The van der Waals surface area contributed by atoms with Gasteiger partial charge in [0.2, 0.25) is 5.91 Å². The van der Waals surface area contributed by atoms with Crippen molar-refractivity contribution in [3.63, 3.8) is 0 Å². The monoisotopic (exact) mass is 497 g/mol. The first kappa shape index (κ1) is 24.9. The number of hydrogen-bond acceptors (Lipinski definition) is 5. The molecule has 4 aromatic rings. The zero-order valence-corrected chi connectivity index (χ0v) is 21.2. The minimum Gasteiger partial charge on any atom is -0.489 e. The van der Waals surface area contributed by atoms with Crippen LogP contribution in [0.4, 0.5) is 5.00 Å². The minimum absolute atomic E-state index is 0.333. The van der Waals surface area contributed by atoms with E-state index in [4.69, 9.17) is 9.47 Å². The predicted octanol–water partition coefficient (Wildman–Crippen LogP) is 7.05. The van der Waals surface area contributed by atoms with E-state index in [9.17, 15) is 9.59 Å². The Bertz CT molecular complexity index is 1370. The van der Waals surface area contributed by atoms with Crippen LogP contribution in [0.2, 0.25) is 0 Å². The van der Waals surface area contributed by atoms with Crippen molar-refractivity contribution >= 4 is 34.3 Å². The van der Waals surface area contributed by atoms with Crippen LogP contribution in [-0.2, 0) is 16.1 Å². The number of nitrogens with one attached hydrogen (secondary N) is 1. The fraction of sp³-hybridized carbons (Fsp3) is 0.133. The molecule has 1 heterocycles. The zero-order chi connectivity index (χ0) is 25.5. The van der Waals surface area contributed by atoms with Gasteiger partial charge in [0.1, 0.15) is 22.9 Å². The molecule has 182 valence electrons. The Morgan fingerprint density at radius 1 is 0.917 bits per heavy atom. The quantitative estimate of drug-likeness (QED) is 0.209. The molecule has 5 nitrogen and oxygen atoms in total. The van der Waals surface area contributed by atoms with E-state index in [1.165, 1.54) is 30.1 Å². The molecular weight excluding hydrogens is 470 g/mol. The number of carbonyl (C=O) groups excluding carboxylic acids is 2. The van der Waals surface area contributed by atoms with E-state index in [1.807, 2.05) is 61.5 Å². The highest BCUT2D eigenvalue weighted by Crippen LogP contribution is 2.40. The van der Waals surface area contributed by atoms with Crippen molar-refractivity contribution in [2.45, 2.75) is 20.5 Å². The number of hydrogen-bond donors (Lipinski definition) is 1. The number of thiophene rings is 1. The van der Waals surface area contributed by atoms with Crippen molar-refractivity contribution in [3.05, 3.63) is 112 Å². The molecule has 0 aliphatic heterocycles. The SMILES string of the molecule is COC(=O)c1c(NC(=O)C=Cc2ccc(OCc3ccc(C)cc3)cc2)sc(C)c1-c1ccccc1. The largest absolute Gasteiger partial charge is 0.489 e. The highest BCUT2D eigenvalue weighted by molar-refractivity contribution is 7.17. The van der Waals surface area contributed by atoms with Crippen molar-refractivity contribution < 1.29 is 19.1 Å². The predicted molar refractivity (Wildman–Crippen MR) is 145 cm³/mol. The lowest BCUT2D eigenvalue weighted by Gasteiger charge is -2.07. The van der Waals surface area contributed by atoms with E-state index in [-0.39, 0.29) is 5.91 Å². The summed E-state index contributed by atoms with van der Waals surface area (Å²) >= 11 is 1.35. The number of amides is 1. The highest BCUT2D eigenvalue weighted by atomic mass is 32.1. The summed E-state index contributed by atoms with van der Waals surface area (Å²) in [5, 5.41) is 3.31. The Morgan fingerprint density at radius 3 is 2.28 bits per heavy atom. The molecular formula is C30H27NO4S. The van der Waals surface area contributed by atoms with Crippen LogP contribution in [0.5, 0.6) is 5.75 Å². The van der Waals surface area contributed by atoms with Crippen LogP contribution in [-0.4, -0.2) is 19.0 Å². The highest BCUT2D eigenvalue weighted by Gasteiger charge is 2.24. The standard InChI is InChI=1S/C30H27NO4S/c1-20-9-11-23(12-10-20)19-35-25-16-13-22(14-17-25)15-18-26(32)31-29-28(30(33)34-3)27(21(2)36-29)24-7-5-4-6-8-24/h4-18H,19H2,1-3H3,(H,31,32). The molecule has 1 amide bonds. The second kappa shape index (κ2) is 11.5. The summed E-state index contributed by atoms with van der Waals surface area (Å²) in [5.74, 6) is -0.0678. The van der Waals surface area contributed by atoms with Gasteiger partial charge < -0.3 is 14.8 Å². The first-order valence-electron chi connectivity index (χ1n) is 11.5. The van der Waals surface area contributed by atoms with Gasteiger partial charge in [0.15, 0.2) is 0 Å². The third-order valence-corrected chi connectivity index (χ3v) is 6.63. The Labute approximate surface area is 215 Å². The molecule has 6 heteroatoms. The second-order valence-corrected chi connectivity index (χ2v) is 9.49. The van der Waals surface area contributed by atoms with Crippen LogP contribution >= 0.6 is 11.3 Å². The summed E-state index contributed by atoms with van der Waals surface area (Å²) in [4.78, 5) is 26.2. The molecule has 0 aliphatic rings. The number of methoxy groups -OCH3 is 1. The first-order chi connectivity index (χ1) is 17.4. The maximum atomic E-state index is 12.7. The van der Waals surface area contributed by atoms with Gasteiger partial charge in [0.05, 0.1) is 7.11 Å². The molecule has 1 aromatic heterocycles. The van der Waals surface area contributed by atoms with Gasteiger partial charge in [-0.3, -0.25) is 4.79 Å². The molecule has 0 saturated carbocycles.